The summed E-state index contributed by atoms with van der Waals surface area (Å²) < 4.78 is 43.3. The summed E-state index contributed by atoms with van der Waals surface area (Å²) in [7, 11) is -3.63. The van der Waals surface area contributed by atoms with E-state index in [0.717, 1.165) is 12.1 Å². The van der Waals surface area contributed by atoms with Crippen LogP contribution in [0.4, 0.5) is 4.39 Å². The molecule has 0 bridgehead atoms. The Labute approximate surface area is 173 Å². The Kier molecular flexibility index (Phi) is 6.14. The van der Waals surface area contributed by atoms with Gasteiger partial charge in [-0.05, 0) is 58.4 Å². The fraction of sp³-hybridized carbons (Fsp3) is 0.0526. The Morgan fingerprint density at radius 3 is 2.34 bits per heavy atom. The predicted molar refractivity (Wildman–Crippen MR) is 105 cm³/mol. The molecule has 2 N–H and O–H groups in total. The summed E-state index contributed by atoms with van der Waals surface area (Å²) in [6.45, 7) is 0. The molecule has 0 aliphatic rings. The Morgan fingerprint density at radius 1 is 0.966 bits per heavy atom. The molecule has 3 aromatic rings. The zero-order chi connectivity index (χ0) is 21.0. The molecule has 10 heteroatoms. The van der Waals surface area contributed by atoms with E-state index in [1.54, 1.807) is 18.2 Å². The first-order valence-electron chi connectivity index (χ1n) is 8.18. The average molecular weight is 481 g/mol. The number of nitrogens with one attached hydrogen (secondary N) is 2. The van der Waals surface area contributed by atoms with E-state index in [4.69, 9.17) is 4.42 Å². The number of furan rings is 1. The molecule has 2 amide bonds. The molecule has 1 heterocycles. The van der Waals surface area contributed by atoms with Crippen molar-refractivity contribution in [2.24, 2.45) is 0 Å². The number of rotatable bonds is 5. The molecule has 0 spiro atoms. The SMILES string of the molecule is O=C(NNC(=O)c1ccc(F)cc1Br)c1ccc(CS(=O)(=O)c2ccccc2)o1. The molecule has 7 nitrogen and oxygen atoms in total. The quantitative estimate of drug-likeness (QED) is 0.545. The molecule has 0 saturated carbocycles. The van der Waals surface area contributed by atoms with Crippen molar-refractivity contribution in [3.05, 3.63) is 88.0 Å². The minimum atomic E-state index is -3.63. The maximum atomic E-state index is 13.1. The minimum absolute atomic E-state index is 0.0756. The van der Waals surface area contributed by atoms with Crippen LogP contribution < -0.4 is 10.9 Å². The molecule has 0 fully saturated rings. The van der Waals surface area contributed by atoms with Crippen LogP contribution in [0.3, 0.4) is 0 Å². The molecule has 0 saturated heterocycles. The van der Waals surface area contributed by atoms with E-state index in [9.17, 15) is 22.4 Å². The number of carbonyl (C=O) groups is 2. The monoisotopic (exact) mass is 480 g/mol. The van der Waals surface area contributed by atoms with Crippen molar-refractivity contribution in [1.29, 1.82) is 0 Å². The van der Waals surface area contributed by atoms with E-state index in [2.05, 4.69) is 26.8 Å². The topological polar surface area (TPSA) is 105 Å². The first-order chi connectivity index (χ1) is 13.8. The molecule has 150 valence electrons. The zero-order valence-electron chi connectivity index (χ0n) is 14.7. The lowest BCUT2D eigenvalue weighted by Gasteiger charge is -2.07. The van der Waals surface area contributed by atoms with Gasteiger partial charge in [-0.2, -0.15) is 0 Å². The van der Waals surface area contributed by atoms with Gasteiger partial charge in [0.1, 0.15) is 17.3 Å². The molecule has 29 heavy (non-hydrogen) atoms. The number of benzene rings is 2. The van der Waals surface area contributed by atoms with Crippen molar-refractivity contribution in [3.63, 3.8) is 0 Å². The van der Waals surface area contributed by atoms with Crippen molar-refractivity contribution < 1.29 is 26.8 Å². The highest BCUT2D eigenvalue weighted by Crippen LogP contribution is 2.19. The summed E-state index contributed by atoms with van der Waals surface area (Å²) in [6, 6.07) is 14.0. The molecule has 3 rings (SSSR count). The van der Waals surface area contributed by atoms with Gasteiger partial charge in [-0.3, -0.25) is 20.4 Å². The van der Waals surface area contributed by atoms with Gasteiger partial charge in [-0.25, -0.2) is 12.8 Å². The second-order valence-corrected chi connectivity index (χ2v) is 8.71. The first kappa shape index (κ1) is 20.7. The van der Waals surface area contributed by atoms with Gasteiger partial charge in [-0.1, -0.05) is 18.2 Å². The molecule has 0 aliphatic carbocycles. The van der Waals surface area contributed by atoms with Gasteiger partial charge < -0.3 is 4.42 Å². The Bertz CT molecular complexity index is 1160. The van der Waals surface area contributed by atoms with Crippen LogP contribution in [-0.2, 0) is 15.6 Å². The molecular formula is C19H14BrFN2O5S. The van der Waals surface area contributed by atoms with Crippen molar-refractivity contribution in [2.75, 3.05) is 0 Å². The highest BCUT2D eigenvalue weighted by Gasteiger charge is 2.20. The van der Waals surface area contributed by atoms with Gasteiger partial charge >= 0.3 is 5.91 Å². The smallest absolute Gasteiger partial charge is 0.305 e. The zero-order valence-corrected chi connectivity index (χ0v) is 17.1. The van der Waals surface area contributed by atoms with Crippen LogP contribution in [0.25, 0.3) is 0 Å². The van der Waals surface area contributed by atoms with E-state index in [1.807, 2.05) is 0 Å². The molecule has 2 aromatic carbocycles. The van der Waals surface area contributed by atoms with Crippen LogP contribution in [-0.4, -0.2) is 20.2 Å². The third-order valence-electron chi connectivity index (χ3n) is 3.79. The fourth-order valence-electron chi connectivity index (χ4n) is 2.39. The lowest BCUT2D eigenvalue weighted by molar-refractivity contribution is 0.0829. The van der Waals surface area contributed by atoms with Crippen molar-refractivity contribution in [1.82, 2.24) is 10.9 Å². The third kappa shape index (κ3) is 5.09. The molecule has 0 aliphatic heterocycles. The predicted octanol–water partition coefficient (Wildman–Crippen LogP) is 3.23. The lowest BCUT2D eigenvalue weighted by atomic mass is 10.2. The maximum Gasteiger partial charge on any atom is 0.305 e. The second kappa shape index (κ2) is 8.58. The van der Waals surface area contributed by atoms with Crippen molar-refractivity contribution >= 4 is 37.6 Å². The number of hydrogen-bond acceptors (Lipinski definition) is 5. The Balaban J connectivity index is 1.63. The molecule has 0 unspecified atom stereocenters. The van der Waals surface area contributed by atoms with Gasteiger partial charge in [0, 0.05) is 4.47 Å². The number of carbonyl (C=O) groups excluding carboxylic acids is 2. The summed E-state index contributed by atoms with van der Waals surface area (Å²) in [5, 5.41) is 0. The van der Waals surface area contributed by atoms with E-state index >= 15 is 0 Å². The number of hydrazine groups is 1. The van der Waals surface area contributed by atoms with E-state index in [-0.39, 0.29) is 26.5 Å². The summed E-state index contributed by atoms with van der Waals surface area (Å²) in [5.41, 5.74) is 4.43. The first-order valence-corrected chi connectivity index (χ1v) is 10.6. The van der Waals surface area contributed by atoms with E-state index in [1.165, 1.54) is 30.3 Å². The number of halogens is 2. The van der Waals surface area contributed by atoms with Crippen molar-refractivity contribution in [3.8, 4) is 0 Å². The van der Waals surface area contributed by atoms with Crippen LogP contribution in [0.1, 0.15) is 26.7 Å². The number of hydrogen-bond donors (Lipinski definition) is 2. The minimum Gasteiger partial charge on any atom is -0.455 e. The normalized spacial score (nSPS) is 11.1. The van der Waals surface area contributed by atoms with Crippen LogP contribution >= 0.6 is 15.9 Å². The number of amides is 2. The molecule has 1 aromatic heterocycles. The maximum absolute atomic E-state index is 13.1. The van der Waals surface area contributed by atoms with Gasteiger partial charge in [0.25, 0.3) is 5.91 Å². The standard InChI is InChI=1S/C19H14BrFN2O5S/c20-16-10-12(21)6-8-15(16)18(24)22-23-19(25)17-9-7-13(28-17)11-29(26,27)14-4-2-1-3-5-14/h1-10H,11H2,(H,22,24)(H,23,25). The highest BCUT2D eigenvalue weighted by atomic mass is 79.9. The Morgan fingerprint density at radius 2 is 1.66 bits per heavy atom. The van der Waals surface area contributed by atoms with Gasteiger partial charge in [0.15, 0.2) is 15.6 Å². The second-order valence-electron chi connectivity index (χ2n) is 5.87. The molecular weight excluding hydrogens is 467 g/mol. The average Bonchev–Trinajstić information content (AvgIpc) is 3.14. The van der Waals surface area contributed by atoms with Crippen molar-refractivity contribution in [2.45, 2.75) is 10.6 Å². The van der Waals surface area contributed by atoms with Gasteiger partial charge in [0.05, 0.1) is 10.5 Å². The largest absolute Gasteiger partial charge is 0.455 e. The molecule has 0 atom stereocenters. The van der Waals surface area contributed by atoms with Gasteiger partial charge in [-0.15, -0.1) is 0 Å². The highest BCUT2D eigenvalue weighted by molar-refractivity contribution is 9.10. The Hall–Kier alpha value is -2.98. The molecule has 0 radical (unpaired) electrons. The summed E-state index contributed by atoms with van der Waals surface area (Å²) in [4.78, 5) is 24.3. The van der Waals surface area contributed by atoms with E-state index < -0.39 is 33.2 Å². The summed E-state index contributed by atoms with van der Waals surface area (Å²) in [5.74, 6) is -2.50. The van der Waals surface area contributed by atoms with Crippen LogP contribution in [0.2, 0.25) is 0 Å². The summed E-state index contributed by atoms with van der Waals surface area (Å²) in [6.07, 6.45) is 0. The van der Waals surface area contributed by atoms with Gasteiger partial charge in [0.2, 0.25) is 0 Å². The fourth-order valence-corrected chi connectivity index (χ4v) is 4.19. The number of sulfone groups is 1. The van der Waals surface area contributed by atoms with Crippen LogP contribution in [0.5, 0.6) is 0 Å². The third-order valence-corrected chi connectivity index (χ3v) is 6.10. The van der Waals surface area contributed by atoms with Crippen LogP contribution in [0.15, 0.2) is 74.4 Å². The van der Waals surface area contributed by atoms with Crippen LogP contribution in [0, 0.1) is 5.82 Å². The van der Waals surface area contributed by atoms with E-state index in [0.29, 0.717) is 0 Å². The summed E-state index contributed by atoms with van der Waals surface area (Å²) >= 11 is 3.06. The lowest BCUT2D eigenvalue weighted by Crippen LogP contribution is -2.41.